The summed E-state index contributed by atoms with van der Waals surface area (Å²) in [5.74, 6) is 0.865. The van der Waals surface area contributed by atoms with E-state index in [4.69, 9.17) is 15.1 Å². The maximum Gasteiger partial charge on any atom is 0.143 e. The van der Waals surface area contributed by atoms with E-state index in [1.165, 1.54) is 11.1 Å². The number of para-hydroxylation sites is 2. The Balaban J connectivity index is 1.09. The lowest BCUT2D eigenvalue weighted by molar-refractivity contribution is 0.409. The number of rotatable bonds is 9. The van der Waals surface area contributed by atoms with Crippen molar-refractivity contribution in [2.45, 2.75) is 18.8 Å². The van der Waals surface area contributed by atoms with E-state index < -0.39 is 0 Å². The van der Waals surface area contributed by atoms with Crippen LogP contribution in [0.15, 0.2) is 204 Å². The van der Waals surface area contributed by atoms with E-state index in [-0.39, 0.29) is 12.3 Å². The van der Waals surface area contributed by atoms with E-state index in [2.05, 4.69) is 150 Å². The first-order chi connectivity index (χ1) is 27.2. The van der Waals surface area contributed by atoms with E-state index in [0.717, 1.165) is 66.7 Å². The summed E-state index contributed by atoms with van der Waals surface area (Å²) in [5, 5.41) is 9.58. The van der Waals surface area contributed by atoms with Crippen LogP contribution in [0.1, 0.15) is 45.7 Å². The summed E-state index contributed by atoms with van der Waals surface area (Å²) in [6, 6.07) is 62.8. The van der Waals surface area contributed by atoms with Crippen molar-refractivity contribution in [1.82, 2.24) is 10.6 Å². The summed E-state index contributed by atoms with van der Waals surface area (Å²) >= 11 is 0. The first kappa shape index (κ1) is 33.9. The fourth-order valence-corrected chi connectivity index (χ4v) is 7.47. The number of nitrogens with one attached hydrogen (secondary N) is 2. The van der Waals surface area contributed by atoms with Crippen LogP contribution in [-0.2, 0) is 6.42 Å². The lowest BCUT2D eigenvalue weighted by atomic mass is 9.93. The van der Waals surface area contributed by atoms with Crippen molar-refractivity contribution in [3.8, 4) is 11.1 Å². The second kappa shape index (κ2) is 15.2. The molecule has 0 amide bonds. The van der Waals surface area contributed by atoms with Crippen LogP contribution < -0.4 is 16.4 Å². The highest BCUT2D eigenvalue weighted by Gasteiger charge is 2.25. The van der Waals surface area contributed by atoms with Crippen molar-refractivity contribution in [3.05, 3.63) is 228 Å². The Hall–Kier alpha value is -6.95. The van der Waals surface area contributed by atoms with Gasteiger partial charge in [0.2, 0.25) is 0 Å². The van der Waals surface area contributed by atoms with Gasteiger partial charge in [0.25, 0.3) is 0 Å². The third-order valence-electron chi connectivity index (χ3n) is 10.2. The molecule has 5 nitrogen and oxygen atoms in total. The average molecular weight is 713 g/mol. The largest absolute Gasteiger partial charge is 0.455 e. The molecule has 0 bridgehead atoms. The van der Waals surface area contributed by atoms with Crippen LogP contribution in [0.3, 0.4) is 0 Å². The summed E-state index contributed by atoms with van der Waals surface area (Å²) in [6.07, 6.45) is 4.68. The molecular weight excluding hydrogens is 673 g/mol. The lowest BCUT2D eigenvalue weighted by Gasteiger charge is -2.32. The number of aliphatic imine (C=N–C) groups is 1. The van der Waals surface area contributed by atoms with Crippen molar-refractivity contribution >= 4 is 39.0 Å². The zero-order chi connectivity index (χ0) is 37.0. The molecule has 4 N–H and O–H groups in total. The van der Waals surface area contributed by atoms with Gasteiger partial charge in [-0.2, -0.15) is 0 Å². The molecule has 0 aliphatic carbocycles. The minimum atomic E-state index is -0.254. The summed E-state index contributed by atoms with van der Waals surface area (Å²) in [7, 11) is 0. The quantitative estimate of drug-likeness (QED) is 0.130. The number of allylic oxidation sites excluding steroid dienone is 3. The molecule has 0 radical (unpaired) electrons. The lowest BCUT2D eigenvalue weighted by Crippen LogP contribution is -2.44. The number of hydrogen-bond acceptors (Lipinski definition) is 5. The van der Waals surface area contributed by atoms with Crippen LogP contribution in [0.4, 0.5) is 0 Å². The van der Waals surface area contributed by atoms with Gasteiger partial charge in [0.15, 0.2) is 0 Å². The van der Waals surface area contributed by atoms with Gasteiger partial charge in [0.1, 0.15) is 29.3 Å². The molecule has 1 aromatic heterocycles. The fraction of sp³-hybridized carbons (Fsp3) is 0.0600. The Kier molecular flexibility index (Phi) is 9.35. The molecule has 1 aliphatic rings. The molecule has 266 valence electrons. The highest BCUT2D eigenvalue weighted by atomic mass is 16.3. The first-order valence-corrected chi connectivity index (χ1v) is 18.7. The van der Waals surface area contributed by atoms with Crippen LogP contribution in [0.25, 0.3) is 44.3 Å². The molecule has 0 fully saturated rings. The van der Waals surface area contributed by atoms with E-state index in [1.807, 2.05) is 54.6 Å². The van der Waals surface area contributed by atoms with Crippen molar-refractivity contribution in [1.29, 1.82) is 0 Å². The number of furan rings is 1. The van der Waals surface area contributed by atoms with Crippen molar-refractivity contribution < 1.29 is 4.42 Å². The first-order valence-electron chi connectivity index (χ1n) is 18.7. The molecule has 55 heavy (non-hydrogen) atoms. The molecule has 0 saturated heterocycles. The molecule has 7 aromatic carbocycles. The van der Waals surface area contributed by atoms with Crippen molar-refractivity contribution in [2.24, 2.45) is 10.7 Å². The minimum Gasteiger partial charge on any atom is -0.455 e. The van der Waals surface area contributed by atoms with E-state index in [1.54, 1.807) is 0 Å². The Bertz CT molecular complexity index is 2690. The Morgan fingerprint density at radius 2 is 1.29 bits per heavy atom. The highest BCUT2D eigenvalue weighted by molar-refractivity contribution is 6.09. The maximum absolute atomic E-state index is 6.79. The van der Waals surface area contributed by atoms with Gasteiger partial charge in [-0.15, -0.1) is 0 Å². The SMILES string of the molecule is N/C(=C\C(=C/Cc1ccccc1-c1cccc(C2N=C(c3ccccc3)NC(c3ccccc3)N2)c1)c1cccc2c1oc1ccccc12)c1ccccc1. The Labute approximate surface area is 321 Å². The third-order valence-corrected chi connectivity index (χ3v) is 10.2. The Morgan fingerprint density at radius 3 is 2.13 bits per heavy atom. The molecule has 2 unspecified atom stereocenters. The van der Waals surface area contributed by atoms with Gasteiger partial charge in [-0.1, -0.05) is 176 Å². The molecule has 0 spiro atoms. The average Bonchev–Trinajstić information content (AvgIpc) is 3.65. The van der Waals surface area contributed by atoms with Crippen molar-refractivity contribution in [2.75, 3.05) is 0 Å². The number of nitrogens with two attached hydrogens (primary N) is 1. The predicted octanol–water partition coefficient (Wildman–Crippen LogP) is 11.2. The molecule has 0 saturated carbocycles. The molecule has 2 heterocycles. The maximum atomic E-state index is 6.79. The number of amidine groups is 1. The summed E-state index contributed by atoms with van der Waals surface area (Å²) in [5.41, 5.74) is 19.0. The van der Waals surface area contributed by atoms with Gasteiger partial charge >= 0.3 is 0 Å². The Morgan fingerprint density at radius 1 is 0.636 bits per heavy atom. The van der Waals surface area contributed by atoms with Gasteiger partial charge in [-0.25, -0.2) is 4.99 Å². The molecule has 5 heteroatoms. The minimum absolute atomic E-state index is 0.106. The van der Waals surface area contributed by atoms with E-state index in [9.17, 15) is 0 Å². The van der Waals surface area contributed by atoms with Crippen molar-refractivity contribution in [3.63, 3.8) is 0 Å². The van der Waals surface area contributed by atoms with Gasteiger partial charge in [-0.05, 0) is 63.6 Å². The van der Waals surface area contributed by atoms with Gasteiger partial charge < -0.3 is 15.5 Å². The molecule has 8 aromatic rings. The second-order valence-electron chi connectivity index (χ2n) is 13.8. The van der Waals surface area contributed by atoms with Crippen LogP contribution in [0.5, 0.6) is 0 Å². The number of benzene rings is 7. The van der Waals surface area contributed by atoms with Crippen LogP contribution in [-0.4, -0.2) is 5.84 Å². The second-order valence-corrected chi connectivity index (χ2v) is 13.8. The summed E-state index contributed by atoms with van der Waals surface area (Å²) in [6.45, 7) is 0. The normalized spacial score (nSPS) is 16.2. The summed E-state index contributed by atoms with van der Waals surface area (Å²) in [4.78, 5) is 5.20. The van der Waals surface area contributed by atoms with Crippen LogP contribution in [0.2, 0.25) is 0 Å². The van der Waals surface area contributed by atoms with Crippen LogP contribution in [0, 0.1) is 0 Å². The molecule has 1 aliphatic heterocycles. The highest BCUT2D eigenvalue weighted by Crippen LogP contribution is 2.36. The molecule has 2 atom stereocenters. The zero-order valence-electron chi connectivity index (χ0n) is 30.3. The predicted molar refractivity (Wildman–Crippen MR) is 227 cm³/mol. The van der Waals surface area contributed by atoms with Crippen LogP contribution >= 0.6 is 0 Å². The molecule has 9 rings (SSSR count). The monoisotopic (exact) mass is 712 g/mol. The third kappa shape index (κ3) is 7.09. The molecular formula is C50H40N4O. The zero-order valence-corrected chi connectivity index (χ0v) is 30.3. The number of hydrogen-bond donors (Lipinski definition) is 3. The summed E-state index contributed by atoms with van der Waals surface area (Å²) < 4.78 is 6.51. The fourth-order valence-electron chi connectivity index (χ4n) is 7.47. The number of nitrogens with zero attached hydrogens (tertiary/aromatic N) is 1. The number of fused-ring (bicyclic) bond motifs is 3. The van der Waals surface area contributed by atoms with E-state index >= 15 is 0 Å². The van der Waals surface area contributed by atoms with Gasteiger partial charge in [-0.3, -0.25) is 5.32 Å². The standard InChI is InChI=1S/C50H40N4O/c51-45(35-17-4-1-5-18-35)33-39(42-27-15-28-44-43-26-12-13-29-46(43)55-47(42)44)31-30-34-16-10-11-25-41(34)38-23-14-24-40(32-38)50-53-48(36-19-6-2-7-20-36)52-49(54-50)37-21-8-3-9-22-37/h1-29,31-33,48,50,53H,30,51H2,(H,52,54)/b39-31+,45-33-. The smallest absolute Gasteiger partial charge is 0.143 e. The topological polar surface area (TPSA) is 75.6 Å². The van der Waals surface area contributed by atoms with Gasteiger partial charge in [0.05, 0.1) is 0 Å². The van der Waals surface area contributed by atoms with E-state index in [0.29, 0.717) is 12.1 Å². The van der Waals surface area contributed by atoms with Gasteiger partial charge in [0, 0.05) is 27.6 Å².